The number of carbonyl (C=O) groups is 4. The Hall–Kier alpha value is -3.70. The molecule has 0 spiro atoms. The van der Waals surface area contributed by atoms with Crippen LogP contribution in [0.5, 0.6) is 5.75 Å². The van der Waals surface area contributed by atoms with Gasteiger partial charge < -0.3 is 31.1 Å². The van der Waals surface area contributed by atoms with Crippen LogP contribution in [0.4, 0.5) is 5.69 Å². The van der Waals surface area contributed by atoms with Gasteiger partial charge in [-0.2, -0.15) is 0 Å². The third kappa shape index (κ3) is 4.51. The van der Waals surface area contributed by atoms with Crippen molar-refractivity contribution in [3.8, 4) is 5.75 Å². The Morgan fingerprint density at radius 1 is 1.10 bits per heavy atom. The number of carbonyl (C=O) groups excluding carboxylic acids is 4. The van der Waals surface area contributed by atoms with Crippen LogP contribution in [0.2, 0.25) is 0 Å². The lowest BCUT2D eigenvalue weighted by Gasteiger charge is -2.50. The van der Waals surface area contributed by atoms with Crippen molar-refractivity contribution in [2.75, 3.05) is 33.1 Å². The summed E-state index contributed by atoms with van der Waals surface area (Å²) >= 11 is 0. The van der Waals surface area contributed by atoms with Gasteiger partial charge >= 0.3 is 0 Å². The molecule has 0 bridgehead atoms. The predicted molar refractivity (Wildman–Crippen MR) is 151 cm³/mol. The number of amides is 1. The molecule has 3 aliphatic carbocycles. The average molecular weight is 570 g/mol. The van der Waals surface area contributed by atoms with Gasteiger partial charge in [0.25, 0.3) is 5.91 Å². The molecule has 41 heavy (non-hydrogen) atoms. The van der Waals surface area contributed by atoms with E-state index in [4.69, 9.17) is 5.73 Å². The van der Waals surface area contributed by atoms with E-state index in [0.717, 1.165) is 0 Å². The third-order valence-electron chi connectivity index (χ3n) is 8.72. The van der Waals surface area contributed by atoms with Crippen LogP contribution in [0.1, 0.15) is 50.3 Å². The summed E-state index contributed by atoms with van der Waals surface area (Å²) in [5.74, 6) is -6.89. The van der Waals surface area contributed by atoms with Crippen molar-refractivity contribution in [3.63, 3.8) is 0 Å². The molecule has 4 atom stereocenters. The SMILES string of the molecule is CN(C)c1cc(CCC(=O)C(C)(C)C)c(O)c2c1C[C@H]1C[C@H]3[C@H](N(C)C)C(=O)C(C(N)=O)=C(O)[C@@]3(O)C(=O)C1=C2O. The monoisotopic (exact) mass is 569 g/mol. The first kappa shape index (κ1) is 30.3. The number of likely N-dealkylation sites (N-methyl/N-ethyl adjacent to an activating group) is 1. The number of aryl methyl sites for hydroxylation is 1. The molecule has 0 unspecified atom stereocenters. The van der Waals surface area contributed by atoms with Gasteiger partial charge in [-0.25, -0.2) is 0 Å². The fraction of sp³-hybridized carbons (Fsp3) is 0.533. The van der Waals surface area contributed by atoms with Gasteiger partial charge in [0.15, 0.2) is 11.4 Å². The number of hydrogen-bond donors (Lipinski definition) is 5. The molecule has 1 saturated carbocycles. The lowest BCUT2D eigenvalue weighted by atomic mass is 9.57. The number of phenols is 1. The van der Waals surface area contributed by atoms with E-state index in [2.05, 4.69) is 0 Å². The molecule has 6 N–H and O–H groups in total. The first-order valence-corrected chi connectivity index (χ1v) is 13.6. The van der Waals surface area contributed by atoms with Gasteiger partial charge in [-0.15, -0.1) is 0 Å². The van der Waals surface area contributed by atoms with Crippen molar-refractivity contribution in [3.05, 3.63) is 39.7 Å². The highest BCUT2D eigenvalue weighted by Crippen LogP contribution is 2.54. The molecule has 3 aliphatic rings. The van der Waals surface area contributed by atoms with Gasteiger partial charge in [0.2, 0.25) is 5.78 Å². The Morgan fingerprint density at radius 2 is 1.71 bits per heavy atom. The van der Waals surface area contributed by atoms with Crippen LogP contribution in [0.15, 0.2) is 23.0 Å². The number of fused-ring (bicyclic) bond motifs is 3. The summed E-state index contributed by atoms with van der Waals surface area (Å²) in [5, 5.41) is 45.7. The highest BCUT2D eigenvalue weighted by Gasteiger charge is 2.64. The maximum absolute atomic E-state index is 14.0. The number of primary amides is 1. The molecule has 11 nitrogen and oxygen atoms in total. The standard InChI is InChI=1S/C30H39N3O8/c1-29(2,3)18(34)9-8-13-12-17(32(4)5)15-10-14-11-16-22(33(6)7)25(37)21(28(31)40)27(39)30(16,41)26(38)19(14)24(36)20(15)23(13)35/h12,14,16,22,35-36,39,41H,8-11H2,1-7H3,(H2,31,40)/t14-,16-,22-,30-/m0/s1. The number of phenolic OH excluding ortho intramolecular Hbond substituents is 1. The smallest absolute Gasteiger partial charge is 0.255 e. The van der Waals surface area contributed by atoms with Crippen LogP contribution in [-0.4, -0.2) is 88.4 Å². The van der Waals surface area contributed by atoms with E-state index in [-0.39, 0.29) is 48.4 Å². The summed E-state index contributed by atoms with van der Waals surface area (Å²) in [4.78, 5) is 55.3. The first-order valence-electron chi connectivity index (χ1n) is 13.6. The Bertz CT molecular complexity index is 1430. The van der Waals surface area contributed by atoms with Crippen molar-refractivity contribution < 1.29 is 39.6 Å². The normalized spacial score (nSPS) is 26.1. The van der Waals surface area contributed by atoms with Crippen LogP contribution in [0.25, 0.3) is 5.76 Å². The van der Waals surface area contributed by atoms with Crippen LogP contribution in [0.3, 0.4) is 0 Å². The largest absolute Gasteiger partial charge is 0.508 e. The van der Waals surface area contributed by atoms with Gasteiger partial charge in [0, 0.05) is 43.1 Å². The fourth-order valence-electron chi connectivity index (χ4n) is 6.56. The van der Waals surface area contributed by atoms with E-state index in [1.54, 1.807) is 34.3 Å². The maximum Gasteiger partial charge on any atom is 0.255 e. The van der Waals surface area contributed by atoms with E-state index in [1.165, 1.54) is 4.90 Å². The van der Waals surface area contributed by atoms with Crippen LogP contribution in [-0.2, 0) is 32.0 Å². The average Bonchev–Trinajstić information content (AvgIpc) is 2.84. The molecule has 0 radical (unpaired) electrons. The number of rotatable bonds is 6. The van der Waals surface area contributed by atoms with Crippen LogP contribution in [0, 0.1) is 17.3 Å². The Morgan fingerprint density at radius 3 is 2.22 bits per heavy atom. The zero-order valence-electron chi connectivity index (χ0n) is 24.5. The second-order valence-corrected chi connectivity index (χ2v) is 12.8. The minimum absolute atomic E-state index is 0.00537. The summed E-state index contributed by atoms with van der Waals surface area (Å²) in [6.45, 7) is 5.43. The van der Waals surface area contributed by atoms with Crippen molar-refractivity contribution in [1.82, 2.24) is 4.90 Å². The molecule has 1 aromatic rings. The van der Waals surface area contributed by atoms with Gasteiger partial charge in [-0.3, -0.25) is 24.1 Å². The van der Waals surface area contributed by atoms with Crippen molar-refractivity contribution in [2.24, 2.45) is 23.0 Å². The number of nitrogens with zero attached hydrogens (tertiary/aromatic N) is 2. The third-order valence-corrected chi connectivity index (χ3v) is 8.72. The van der Waals surface area contributed by atoms with Gasteiger partial charge in [0.05, 0.1) is 11.6 Å². The number of aliphatic hydroxyl groups excluding tert-OH is 2. The molecular formula is C30H39N3O8. The van der Waals surface area contributed by atoms with Crippen molar-refractivity contribution in [2.45, 2.75) is 58.1 Å². The summed E-state index contributed by atoms with van der Waals surface area (Å²) in [6, 6.07) is 0.626. The molecule has 1 amide bonds. The number of aliphatic hydroxyl groups is 3. The van der Waals surface area contributed by atoms with Crippen molar-refractivity contribution in [1.29, 1.82) is 0 Å². The van der Waals surface area contributed by atoms with Gasteiger partial charge in [0.1, 0.15) is 28.6 Å². The second-order valence-electron chi connectivity index (χ2n) is 12.8. The molecule has 0 aliphatic heterocycles. The van der Waals surface area contributed by atoms with Gasteiger partial charge in [-0.05, 0) is 56.5 Å². The topological polar surface area (TPSA) is 182 Å². The molecule has 4 rings (SSSR count). The number of aromatic hydroxyl groups is 1. The molecular weight excluding hydrogens is 530 g/mol. The minimum Gasteiger partial charge on any atom is -0.508 e. The summed E-state index contributed by atoms with van der Waals surface area (Å²) in [5.41, 5.74) is 2.73. The minimum atomic E-state index is -2.69. The van der Waals surface area contributed by atoms with Gasteiger partial charge in [-0.1, -0.05) is 20.8 Å². The van der Waals surface area contributed by atoms with Crippen molar-refractivity contribution >= 4 is 34.7 Å². The lowest BCUT2D eigenvalue weighted by Crippen LogP contribution is -2.65. The Balaban J connectivity index is 1.92. The Kier molecular flexibility index (Phi) is 7.37. The predicted octanol–water partition coefficient (Wildman–Crippen LogP) is 1.58. The zero-order chi connectivity index (χ0) is 30.9. The Labute approximate surface area is 238 Å². The quantitative estimate of drug-likeness (QED) is 0.316. The van der Waals surface area contributed by atoms with Crippen LogP contribution < -0.4 is 10.6 Å². The highest BCUT2D eigenvalue weighted by molar-refractivity contribution is 6.24. The second kappa shape index (κ2) is 9.99. The van der Waals surface area contributed by atoms with E-state index in [1.807, 2.05) is 25.7 Å². The van der Waals surface area contributed by atoms with E-state index < -0.39 is 63.5 Å². The number of hydrogen-bond acceptors (Lipinski definition) is 10. The van der Waals surface area contributed by atoms with E-state index in [9.17, 15) is 39.6 Å². The number of nitrogens with two attached hydrogens (primary N) is 1. The molecule has 1 aromatic carbocycles. The highest BCUT2D eigenvalue weighted by atomic mass is 16.3. The zero-order valence-corrected chi connectivity index (χ0v) is 24.5. The molecule has 0 heterocycles. The summed E-state index contributed by atoms with van der Waals surface area (Å²) in [6.07, 6.45) is 0.551. The molecule has 0 saturated heterocycles. The molecule has 222 valence electrons. The molecule has 0 aromatic heterocycles. The number of benzene rings is 1. The van der Waals surface area contributed by atoms with Crippen LogP contribution >= 0.6 is 0 Å². The fourth-order valence-corrected chi connectivity index (χ4v) is 6.56. The number of anilines is 1. The van der Waals surface area contributed by atoms with E-state index >= 15 is 0 Å². The summed E-state index contributed by atoms with van der Waals surface area (Å²) in [7, 11) is 6.71. The molecule has 1 fully saturated rings. The number of ketones is 3. The summed E-state index contributed by atoms with van der Waals surface area (Å²) < 4.78 is 0. The maximum atomic E-state index is 14.0. The lowest BCUT2D eigenvalue weighted by molar-refractivity contribution is -0.153. The first-order chi connectivity index (χ1) is 18.8. The molecule has 11 heteroatoms. The number of Topliss-reactive ketones (excluding diaryl/α,β-unsaturated/α-hetero) is 3. The van der Waals surface area contributed by atoms with E-state index in [0.29, 0.717) is 16.8 Å².